The lowest BCUT2D eigenvalue weighted by molar-refractivity contribution is -0.131. The van der Waals surface area contributed by atoms with Gasteiger partial charge in [-0.1, -0.05) is 18.2 Å². The van der Waals surface area contributed by atoms with Crippen molar-refractivity contribution >= 4 is 12.0 Å². The summed E-state index contributed by atoms with van der Waals surface area (Å²) in [5.41, 5.74) is 1.00. The molecule has 2 rings (SSSR count). The van der Waals surface area contributed by atoms with Crippen LogP contribution in [0.15, 0.2) is 36.4 Å². The summed E-state index contributed by atoms with van der Waals surface area (Å²) in [7, 11) is 0. The lowest BCUT2D eigenvalue weighted by Crippen LogP contribution is -1.98. The Bertz CT molecular complexity index is 638. The van der Waals surface area contributed by atoms with E-state index in [1.807, 2.05) is 24.3 Å². The van der Waals surface area contributed by atoms with Crippen molar-refractivity contribution in [3.8, 4) is 11.8 Å². The first-order valence-electron chi connectivity index (χ1n) is 5.04. The highest BCUT2D eigenvalue weighted by atomic mass is 16.4. The minimum atomic E-state index is -1.10. The van der Waals surface area contributed by atoms with Gasteiger partial charge in [-0.15, -0.1) is 15.0 Å². The van der Waals surface area contributed by atoms with E-state index in [9.17, 15) is 4.79 Å². The van der Waals surface area contributed by atoms with Crippen molar-refractivity contribution in [2.75, 3.05) is 0 Å². The van der Waals surface area contributed by atoms with Crippen molar-refractivity contribution in [3.05, 3.63) is 47.8 Å². The van der Waals surface area contributed by atoms with E-state index in [1.54, 1.807) is 12.1 Å². The van der Waals surface area contributed by atoms with E-state index in [0.29, 0.717) is 5.69 Å². The van der Waals surface area contributed by atoms with Crippen LogP contribution < -0.4 is 0 Å². The van der Waals surface area contributed by atoms with Crippen LogP contribution in [0.3, 0.4) is 0 Å². The molecule has 6 heteroatoms. The third-order valence-electron chi connectivity index (χ3n) is 2.12. The van der Waals surface area contributed by atoms with E-state index >= 15 is 0 Å². The molecular weight excluding hydrogens is 232 g/mol. The van der Waals surface area contributed by atoms with Gasteiger partial charge in [-0.2, -0.15) is 5.26 Å². The summed E-state index contributed by atoms with van der Waals surface area (Å²) in [4.78, 5) is 11.7. The van der Waals surface area contributed by atoms with Crippen LogP contribution in [0.2, 0.25) is 0 Å². The highest BCUT2D eigenvalue weighted by Crippen LogP contribution is 2.09. The largest absolute Gasteiger partial charge is 0.478 e. The zero-order valence-electron chi connectivity index (χ0n) is 9.19. The van der Waals surface area contributed by atoms with Gasteiger partial charge in [0.25, 0.3) is 0 Å². The van der Waals surface area contributed by atoms with Gasteiger partial charge in [-0.05, 0) is 18.2 Å². The number of hydrogen-bond acceptors (Lipinski definition) is 4. The smallest absolute Gasteiger partial charge is 0.328 e. The minimum absolute atomic E-state index is 0.0800. The van der Waals surface area contributed by atoms with E-state index in [-0.39, 0.29) is 11.4 Å². The Kier molecular flexibility index (Phi) is 3.16. The van der Waals surface area contributed by atoms with Crippen molar-refractivity contribution in [1.29, 1.82) is 5.26 Å². The molecule has 0 atom stereocenters. The number of rotatable bonds is 3. The van der Waals surface area contributed by atoms with Crippen LogP contribution in [0.4, 0.5) is 0 Å². The monoisotopic (exact) mass is 240 g/mol. The second-order valence-corrected chi connectivity index (χ2v) is 3.34. The number of aliphatic carboxylic acids is 1. The summed E-state index contributed by atoms with van der Waals surface area (Å²) < 4.78 is 0. The highest BCUT2D eigenvalue weighted by molar-refractivity contribution is 5.85. The molecule has 0 unspecified atom stereocenters. The first-order valence-corrected chi connectivity index (χ1v) is 5.04. The number of carbonyl (C=O) groups is 1. The number of para-hydroxylation sites is 1. The molecule has 0 aliphatic carbocycles. The Morgan fingerprint density at radius 2 is 2.06 bits per heavy atom. The Morgan fingerprint density at radius 1 is 1.33 bits per heavy atom. The van der Waals surface area contributed by atoms with Gasteiger partial charge < -0.3 is 5.11 Å². The predicted molar refractivity (Wildman–Crippen MR) is 62.7 cm³/mol. The Morgan fingerprint density at radius 3 is 2.67 bits per heavy atom. The molecule has 0 bridgehead atoms. The molecule has 0 aliphatic rings. The average molecular weight is 240 g/mol. The molecule has 0 fully saturated rings. The molecule has 0 amide bonds. The fourth-order valence-corrected chi connectivity index (χ4v) is 1.34. The molecule has 1 aromatic carbocycles. The van der Waals surface area contributed by atoms with Crippen molar-refractivity contribution in [2.45, 2.75) is 0 Å². The minimum Gasteiger partial charge on any atom is -0.478 e. The van der Waals surface area contributed by atoms with Crippen LogP contribution in [0.25, 0.3) is 11.8 Å². The third kappa shape index (κ3) is 2.41. The van der Waals surface area contributed by atoms with Gasteiger partial charge in [0.1, 0.15) is 11.8 Å². The van der Waals surface area contributed by atoms with Crippen LogP contribution >= 0.6 is 0 Å². The fourth-order valence-electron chi connectivity index (χ4n) is 1.34. The quantitative estimate of drug-likeness (QED) is 0.815. The van der Waals surface area contributed by atoms with Gasteiger partial charge in [0.2, 0.25) is 0 Å². The molecule has 0 radical (unpaired) electrons. The van der Waals surface area contributed by atoms with E-state index in [4.69, 9.17) is 10.4 Å². The van der Waals surface area contributed by atoms with E-state index in [0.717, 1.165) is 6.08 Å². The molecule has 0 spiro atoms. The van der Waals surface area contributed by atoms with Crippen molar-refractivity contribution in [3.63, 3.8) is 0 Å². The SMILES string of the molecule is N#Cc1nn(-c2ccccc2)nc1/C=C/C(=O)O. The summed E-state index contributed by atoms with van der Waals surface area (Å²) in [6, 6.07) is 10.9. The van der Waals surface area contributed by atoms with Gasteiger partial charge in [0.05, 0.1) is 5.69 Å². The second-order valence-electron chi connectivity index (χ2n) is 3.34. The van der Waals surface area contributed by atoms with Crippen molar-refractivity contribution < 1.29 is 9.90 Å². The zero-order chi connectivity index (χ0) is 13.0. The number of nitriles is 1. The van der Waals surface area contributed by atoms with E-state index in [1.165, 1.54) is 10.9 Å². The molecule has 0 saturated heterocycles. The van der Waals surface area contributed by atoms with Gasteiger partial charge in [0.15, 0.2) is 5.69 Å². The van der Waals surface area contributed by atoms with Crippen LogP contribution in [-0.4, -0.2) is 26.1 Å². The van der Waals surface area contributed by atoms with Gasteiger partial charge in [-0.3, -0.25) is 0 Å². The molecule has 18 heavy (non-hydrogen) atoms. The molecule has 2 aromatic rings. The normalized spacial score (nSPS) is 10.4. The van der Waals surface area contributed by atoms with E-state index < -0.39 is 5.97 Å². The number of benzene rings is 1. The summed E-state index contributed by atoms with van der Waals surface area (Å²) in [5, 5.41) is 25.5. The van der Waals surface area contributed by atoms with Crippen molar-refractivity contribution in [2.24, 2.45) is 0 Å². The molecule has 1 aromatic heterocycles. The topological polar surface area (TPSA) is 91.8 Å². The standard InChI is InChI=1S/C12H8N4O2/c13-8-11-10(6-7-12(17)18)14-16(15-11)9-4-2-1-3-5-9/h1-7H,(H,17,18)/b7-6+. The van der Waals surface area contributed by atoms with Gasteiger partial charge >= 0.3 is 5.97 Å². The van der Waals surface area contributed by atoms with Gasteiger partial charge in [-0.25, -0.2) is 4.79 Å². The number of carboxylic acid groups (broad SMARTS) is 1. The molecule has 0 aliphatic heterocycles. The van der Waals surface area contributed by atoms with Crippen LogP contribution in [0.5, 0.6) is 0 Å². The summed E-state index contributed by atoms with van der Waals surface area (Å²) in [6.45, 7) is 0. The number of aromatic nitrogens is 3. The first kappa shape index (κ1) is 11.5. The van der Waals surface area contributed by atoms with Gasteiger partial charge in [0, 0.05) is 6.08 Å². The Hall–Kier alpha value is -2.94. The first-order chi connectivity index (χ1) is 8.70. The predicted octanol–water partition coefficient (Wildman–Crippen LogP) is 1.24. The second kappa shape index (κ2) is 4.93. The molecule has 88 valence electrons. The molecule has 0 saturated carbocycles. The van der Waals surface area contributed by atoms with Crippen molar-refractivity contribution in [1.82, 2.24) is 15.0 Å². The summed E-state index contributed by atoms with van der Waals surface area (Å²) in [6.07, 6.45) is 2.16. The summed E-state index contributed by atoms with van der Waals surface area (Å²) >= 11 is 0. The van der Waals surface area contributed by atoms with E-state index in [2.05, 4.69) is 10.2 Å². The summed E-state index contributed by atoms with van der Waals surface area (Å²) in [5.74, 6) is -1.10. The molecular formula is C12H8N4O2. The number of hydrogen-bond donors (Lipinski definition) is 1. The average Bonchev–Trinajstić information content (AvgIpc) is 2.80. The maximum atomic E-state index is 10.4. The Balaban J connectivity index is 2.42. The third-order valence-corrected chi connectivity index (χ3v) is 2.12. The highest BCUT2D eigenvalue weighted by Gasteiger charge is 2.09. The van der Waals surface area contributed by atoms with Crippen LogP contribution in [0, 0.1) is 11.3 Å². The Labute approximate surface area is 102 Å². The molecule has 1 N–H and O–H groups in total. The number of carboxylic acids is 1. The fraction of sp³-hybridized carbons (Fsp3) is 0. The maximum Gasteiger partial charge on any atom is 0.328 e. The molecule has 1 heterocycles. The lowest BCUT2D eigenvalue weighted by atomic mass is 10.3. The maximum absolute atomic E-state index is 10.4. The van der Waals surface area contributed by atoms with Crippen LogP contribution in [-0.2, 0) is 4.79 Å². The lowest BCUT2D eigenvalue weighted by Gasteiger charge is -1.96. The zero-order valence-corrected chi connectivity index (χ0v) is 9.19. The molecule has 6 nitrogen and oxygen atoms in total. The number of nitrogens with zero attached hydrogens (tertiary/aromatic N) is 4. The van der Waals surface area contributed by atoms with Crippen LogP contribution in [0.1, 0.15) is 11.4 Å².